The SMILES string of the molecule is C=C(/N=C(C)\C(=C/C)C(F)(F)F)Nc1cc(C)ccc1C. The number of halogens is 3. The summed E-state index contributed by atoms with van der Waals surface area (Å²) in [6.07, 6.45) is -3.41. The first-order valence-corrected chi connectivity index (χ1v) is 6.47. The van der Waals surface area contributed by atoms with Crippen molar-refractivity contribution in [3.05, 3.63) is 53.4 Å². The lowest BCUT2D eigenvalue weighted by atomic mass is 10.1. The summed E-state index contributed by atoms with van der Waals surface area (Å²) < 4.78 is 38.3. The van der Waals surface area contributed by atoms with E-state index < -0.39 is 11.7 Å². The number of alkyl halides is 3. The van der Waals surface area contributed by atoms with E-state index in [-0.39, 0.29) is 11.5 Å². The lowest BCUT2D eigenvalue weighted by molar-refractivity contribution is -0.0862. The zero-order valence-corrected chi connectivity index (χ0v) is 12.6. The second-order valence-corrected chi connectivity index (χ2v) is 4.79. The lowest BCUT2D eigenvalue weighted by Crippen LogP contribution is -2.18. The number of hydrogen-bond donors (Lipinski definition) is 1. The molecule has 2 nitrogen and oxygen atoms in total. The van der Waals surface area contributed by atoms with Crippen LogP contribution in [0.25, 0.3) is 0 Å². The summed E-state index contributed by atoms with van der Waals surface area (Å²) in [5, 5.41) is 2.94. The number of aryl methyl sites for hydroxylation is 2. The van der Waals surface area contributed by atoms with E-state index in [9.17, 15) is 13.2 Å². The first-order chi connectivity index (χ1) is 9.65. The van der Waals surface area contributed by atoms with Crippen LogP contribution >= 0.6 is 0 Å². The predicted molar refractivity (Wildman–Crippen MR) is 81.6 cm³/mol. The maximum Gasteiger partial charge on any atom is 0.417 e. The Morgan fingerprint density at radius 2 is 1.90 bits per heavy atom. The third kappa shape index (κ3) is 4.77. The van der Waals surface area contributed by atoms with Crippen LogP contribution < -0.4 is 5.32 Å². The Bertz CT molecular complexity index is 596. The van der Waals surface area contributed by atoms with Gasteiger partial charge in [-0.3, -0.25) is 0 Å². The average Bonchev–Trinajstić information content (AvgIpc) is 2.32. The van der Waals surface area contributed by atoms with Crippen LogP contribution in [0.5, 0.6) is 0 Å². The van der Waals surface area contributed by atoms with Gasteiger partial charge in [-0.15, -0.1) is 0 Å². The summed E-state index contributed by atoms with van der Waals surface area (Å²) in [7, 11) is 0. The van der Waals surface area contributed by atoms with Gasteiger partial charge in [-0.25, -0.2) is 4.99 Å². The van der Waals surface area contributed by atoms with E-state index in [4.69, 9.17) is 0 Å². The highest BCUT2D eigenvalue weighted by Gasteiger charge is 2.34. The van der Waals surface area contributed by atoms with Gasteiger partial charge in [0.25, 0.3) is 0 Å². The van der Waals surface area contributed by atoms with Gasteiger partial charge in [-0.2, -0.15) is 13.2 Å². The normalized spacial score (nSPS) is 13.3. The van der Waals surface area contributed by atoms with Crippen molar-refractivity contribution in [2.75, 3.05) is 5.32 Å². The van der Waals surface area contributed by atoms with Crippen LogP contribution in [-0.4, -0.2) is 11.9 Å². The molecule has 0 radical (unpaired) electrons. The number of allylic oxidation sites excluding steroid dienone is 2. The maximum atomic E-state index is 12.8. The van der Waals surface area contributed by atoms with E-state index in [2.05, 4.69) is 16.9 Å². The van der Waals surface area contributed by atoms with E-state index in [1.165, 1.54) is 13.8 Å². The summed E-state index contributed by atoms with van der Waals surface area (Å²) in [5.74, 6) is 0.171. The second kappa shape index (κ2) is 6.61. The Labute approximate surface area is 123 Å². The number of nitrogens with one attached hydrogen (secondary N) is 1. The van der Waals surface area contributed by atoms with Crippen LogP contribution in [0.15, 0.2) is 47.2 Å². The highest BCUT2D eigenvalue weighted by atomic mass is 19.4. The van der Waals surface area contributed by atoms with Crippen LogP contribution in [0.1, 0.15) is 25.0 Å². The van der Waals surface area contributed by atoms with Gasteiger partial charge in [-0.05, 0) is 44.9 Å². The molecule has 0 bridgehead atoms. The lowest BCUT2D eigenvalue weighted by Gasteiger charge is -2.13. The second-order valence-electron chi connectivity index (χ2n) is 4.79. The molecule has 0 aromatic heterocycles. The predicted octanol–water partition coefficient (Wildman–Crippen LogP) is 5.16. The van der Waals surface area contributed by atoms with Crippen LogP contribution in [-0.2, 0) is 0 Å². The molecular formula is C16H19F3N2. The molecule has 114 valence electrons. The topological polar surface area (TPSA) is 24.4 Å². The molecular weight excluding hydrogens is 277 g/mol. The zero-order chi connectivity index (χ0) is 16.2. The number of benzene rings is 1. The molecule has 0 aliphatic rings. The number of anilines is 1. The van der Waals surface area contributed by atoms with Gasteiger partial charge in [0.1, 0.15) is 5.82 Å². The van der Waals surface area contributed by atoms with Gasteiger partial charge in [0.05, 0.1) is 11.3 Å². The Hall–Kier alpha value is -2.04. The molecule has 0 atom stereocenters. The van der Waals surface area contributed by atoms with E-state index in [0.29, 0.717) is 0 Å². The molecule has 0 amide bonds. The third-order valence-electron chi connectivity index (χ3n) is 2.96. The first kappa shape index (κ1) is 17.0. The van der Waals surface area contributed by atoms with Gasteiger partial charge >= 0.3 is 6.18 Å². The van der Waals surface area contributed by atoms with Crippen molar-refractivity contribution >= 4 is 11.4 Å². The fourth-order valence-electron chi connectivity index (χ4n) is 1.89. The van der Waals surface area contributed by atoms with E-state index >= 15 is 0 Å². The van der Waals surface area contributed by atoms with Crippen LogP contribution in [0.2, 0.25) is 0 Å². The third-order valence-corrected chi connectivity index (χ3v) is 2.96. The van der Waals surface area contributed by atoms with Gasteiger partial charge in [0, 0.05) is 5.69 Å². The minimum Gasteiger partial charge on any atom is -0.341 e. The van der Waals surface area contributed by atoms with Crippen molar-refractivity contribution < 1.29 is 13.2 Å². The standard InChI is InChI=1S/C16H19F3N2/c1-6-14(16(17,18)19)12(4)20-13(5)21-15-9-10(2)7-8-11(15)3/h6-9,21H,5H2,1-4H3/b14-6+,20-12-. The number of nitrogens with zero attached hydrogens (tertiary/aromatic N) is 1. The van der Waals surface area contributed by atoms with Crippen molar-refractivity contribution in [2.45, 2.75) is 33.9 Å². The highest BCUT2D eigenvalue weighted by molar-refractivity contribution is 6.00. The minimum absolute atomic E-state index is 0.118. The van der Waals surface area contributed by atoms with Crippen molar-refractivity contribution in [1.82, 2.24) is 0 Å². The summed E-state index contributed by atoms with van der Waals surface area (Å²) in [6.45, 7) is 10.2. The molecule has 0 heterocycles. The molecule has 21 heavy (non-hydrogen) atoms. The molecule has 5 heteroatoms. The fourth-order valence-corrected chi connectivity index (χ4v) is 1.89. The molecule has 1 rings (SSSR count). The maximum absolute atomic E-state index is 12.8. The number of aliphatic imine (C=N–C) groups is 1. The molecule has 0 aliphatic heterocycles. The van der Waals surface area contributed by atoms with E-state index in [0.717, 1.165) is 22.9 Å². The van der Waals surface area contributed by atoms with Crippen molar-refractivity contribution in [2.24, 2.45) is 4.99 Å². The van der Waals surface area contributed by atoms with Gasteiger partial charge in [0.2, 0.25) is 0 Å². The first-order valence-electron chi connectivity index (χ1n) is 6.47. The fraction of sp³-hybridized carbons (Fsp3) is 0.312. The number of hydrogen-bond acceptors (Lipinski definition) is 2. The van der Waals surface area contributed by atoms with Crippen molar-refractivity contribution in [3.8, 4) is 0 Å². The van der Waals surface area contributed by atoms with E-state index in [1.54, 1.807) is 0 Å². The summed E-state index contributed by atoms with van der Waals surface area (Å²) in [6, 6.07) is 5.78. The molecule has 0 spiro atoms. The highest BCUT2D eigenvalue weighted by Crippen LogP contribution is 2.27. The van der Waals surface area contributed by atoms with Crippen molar-refractivity contribution in [1.29, 1.82) is 0 Å². The quantitative estimate of drug-likeness (QED) is 0.763. The molecule has 0 saturated carbocycles. The summed E-state index contributed by atoms with van der Waals surface area (Å²) >= 11 is 0. The summed E-state index contributed by atoms with van der Waals surface area (Å²) in [5.41, 5.74) is 1.92. The molecule has 0 aliphatic carbocycles. The monoisotopic (exact) mass is 296 g/mol. The molecule has 0 fully saturated rings. The van der Waals surface area contributed by atoms with Crippen molar-refractivity contribution in [3.63, 3.8) is 0 Å². The Kier molecular flexibility index (Phi) is 5.35. The zero-order valence-electron chi connectivity index (χ0n) is 12.6. The summed E-state index contributed by atoms with van der Waals surface area (Å²) in [4.78, 5) is 3.90. The van der Waals surface area contributed by atoms with Gasteiger partial charge in [0.15, 0.2) is 0 Å². The molecule has 1 aromatic carbocycles. The van der Waals surface area contributed by atoms with Gasteiger partial charge < -0.3 is 5.32 Å². The average molecular weight is 296 g/mol. The molecule has 1 N–H and O–H groups in total. The molecule has 1 aromatic rings. The Morgan fingerprint density at radius 1 is 1.29 bits per heavy atom. The van der Waals surface area contributed by atoms with Crippen LogP contribution in [0.3, 0.4) is 0 Å². The van der Waals surface area contributed by atoms with Crippen LogP contribution in [0, 0.1) is 13.8 Å². The van der Waals surface area contributed by atoms with Gasteiger partial charge in [-0.1, -0.05) is 24.8 Å². The Balaban J connectivity index is 2.95. The van der Waals surface area contributed by atoms with E-state index in [1.807, 2.05) is 32.0 Å². The molecule has 0 saturated heterocycles. The number of rotatable bonds is 4. The smallest absolute Gasteiger partial charge is 0.341 e. The van der Waals surface area contributed by atoms with Crippen LogP contribution in [0.4, 0.5) is 18.9 Å². The molecule has 0 unspecified atom stereocenters. The largest absolute Gasteiger partial charge is 0.417 e. The minimum atomic E-state index is -4.41. The Morgan fingerprint density at radius 3 is 2.43 bits per heavy atom.